The van der Waals surface area contributed by atoms with E-state index in [4.69, 9.17) is 9.47 Å². The molecule has 142 valence electrons. The topological polar surface area (TPSA) is 67.8 Å². The zero-order chi connectivity index (χ0) is 18.6. The molecule has 5 heteroatoms. The maximum Gasteiger partial charge on any atom is 0.224 e. The maximum absolute atomic E-state index is 11.4. The van der Waals surface area contributed by atoms with Crippen LogP contribution in [0.15, 0.2) is 42.5 Å². The zero-order valence-corrected chi connectivity index (χ0v) is 15.3. The Balaban J connectivity index is 1.28. The summed E-state index contributed by atoms with van der Waals surface area (Å²) < 4.78 is 11.7. The minimum absolute atomic E-state index is 0.0491. The van der Waals surface area contributed by atoms with Crippen LogP contribution in [0, 0.1) is 0 Å². The predicted octanol–water partition coefficient (Wildman–Crippen LogP) is 3.41. The summed E-state index contributed by atoms with van der Waals surface area (Å²) in [5, 5.41) is 13.1. The Morgan fingerprint density at radius 1 is 1.07 bits per heavy atom. The lowest BCUT2D eigenvalue weighted by atomic mass is 9.89. The highest BCUT2D eigenvalue weighted by molar-refractivity contribution is 5.93. The van der Waals surface area contributed by atoms with Crippen LogP contribution in [0.5, 0.6) is 5.75 Å². The average molecular weight is 367 g/mol. The van der Waals surface area contributed by atoms with Crippen LogP contribution in [-0.2, 0) is 22.4 Å². The molecule has 0 radical (unpaired) electrons. The van der Waals surface area contributed by atoms with Crippen LogP contribution in [0.25, 0.3) is 0 Å². The molecule has 0 spiro atoms. The van der Waals surface area contributed by atoms with E-state index < -0.39 is 6.10 Å². The van der Waals surface area contributed by atoms with Gasteiger partial charge in [0, 0.05) is 12.1 Å². The van der Waals surface area contributed by atoms with E-state index in [9.17, 15) is 9.90 Å². The van der Waals surface area contributed by atoms with Gasteiger partial charge in [-0.15, -0.1) is 0 Å². The van der Waals surface area contributed by atoms with E-state index in [0.29, 0.717) is 18.6 Å². The average Bonchev–Trinajstić information content (AvgIpc) is 2.70. The van der Waals surface area contributed by atoms with Gasteiger partial charge in [0.1, 0.15) is 18.5 Å². The third-order valence-corrected chi connectivity index (χ3v) is 5.22. The van der Waals surface area contributed by atoms with Crippen molar-refractivity contribution >= 4 is 11.6 Å². The molecular weight excluding hydrogens is 342 g/mol. The molecule has 2 aromatic carbocycles. The highest BCUT2D eigenvalue weighted by Crippen LogP contribution is 2.32. The van der Waals surface area contributed by atoms with Crippen molar-refractivity contribution in [3.8, 4) is 5.75 Å². The molecule has 27 heavy (non-hydrogen) atoms. The van der Waals surface area contributed by atoms with Crippen molar-refractivity contribution in [1.82, 2.24) is 0 Å². The summed E-state index contributed by atoms with van der Waals surface area (Å²) in [6, 6.07) is 14.0. The van der Waals surface area contributed by atoms with Crippen molar-refractivity contribution in [2.45, 2.75) is 44.3 Å². The van der Waals surface area contributed by atoms with Gasteiger partial charge in [-0.2, -0.15) is 0 Å². The largest absolute Gasteiger partial charge is 0.491 e. The molecule has 1 aliphatic carbocycles. The van der Waals surface area contributed by atoms with Crippen LogP contribution in [0.3, 0.4) is 0 Å². The van der Waals surface area contributed by atoms with E-state index in [0.717, 1.165) is 30.5 Å². The molecule has 1 amide bonds. The zero-order valence-electron chi connectivity index (χ0n) is 15.3. The molecule has 2 atom stereocenters. The Morgan fingerprint density at radius 3 is 2.89 bits per heavy atom. The summed E-state index contributed by atoms with van der Waals surface area (Å²) >= 11 is 0. The quantitative estimate of drug-likeness (QED) is 0.821. The Hall–Kier alpha value is -2.37. The molecule has 1 heterocycles. The van der Waals surface area contributed by atoms with Crippen LogP contribution in [0.1, 0.15) is 42.1 Å². The second-order valence-corrected chi connectivity index (χ2v) is 7.24. The van der Waals surface area contributed by atoms with Gasteiger partial charge in [-0.25, -0.2) is 0 Å². The van der Waals surface area contributed by atoms with Crippen molar-refractivity contribution in [2.24, 2.45) is 0 Å². The summed E-state index contributed by atoms with van der Waals surface area (Å²) in [5.41, 5.74) is 4.50. The highest BCUT2D eigenvalue weighted by atomic mass is 16.5. The number of ether oxygens (including phenoxy) is 2. The molecule has 0 aromatic heterocycles. The van der Waals surface area contributed by atoms with Crippen molar-refractivity contribution < 1.29 is 19.4 Å². The van der Waals surface area contributed by atoms with Gasteiger partial charge in [-0.1, -0.05) is 24.3 Å². The maximum atomic E-state index is 11.4. The number of fused-ring (bicyclic) bond motifs is 2. The lowest BCUT2D eigenvalue weighted by Gasteiger charge is -2.26. The fourth-order valence-electron chi connectivity index (χ4n) is 3.80. The van der Waals surface area contributed by atoms with Gasteiger partial charge in [0.2, 0.25) is 5.91 Å². The first-order valence-corrected chi connectivity index (χ1v) is 9.62. The van der Waals surface area contributed by atoms with Crippen LogP contribution in [0.4, 0.5) is 5.69 Å². The molecule has 1 aliphatic heterocycles. The smallest absolute Gasteiger partial charge is 0.224 e. The molecule has 2 N–H and O–H groups in total. The van der Waals surface area contributed by atoms with Crippen LogP contribution in [0.2, 0.25) is 0 Å². The van der Waals surface area contributed by atoms with Gasteiger partial charge in [-0.3, -0.25) is 4.79 Å². The Kier molecular flexibility index (Phi) is 5.41. The number of carbonyl (C=O) groups is 1. The van der Waals surface area contributed by atoms with E-state index in [2.05, 4.69) is 23.5 Å². The number of aliphatic hydroxyl groups is 1. The van der Waals surface area contributed by atoms with Gasteiger partial charge < -0.3 is 19.9 Å². The molecule has 2 aromatic rings. The number of carbonyl (C=O) groups excluding carboxylic acids is 1. The van der Waals surface area contributed by atoms with E-state index in [1.165, 1.54) is 11.1 Å². The standard InChI is InChI=1S/C22H25NO4/c24-17(14-27-21-7-3-5-15-4-1-2-6-19(15)21)13-26-18-9-10-20-16(12-18)8-11-22(25)23-20/h1-2,4,6,9-10,12,17,21,24H,3,5,7-8,11,13-14H2,(H,23,25)/t17-,21-/m0/s1. The third kappa shape index (κ3) is 4.31. The molecule has 0 bridgehead atoms. The van der Waals surface area contributed by atoms with Gasteiger partial charge in [0.25, 0.3) is 0 Å². The summed E-state index contributed by atoms with van der Waals surface area (Å²) in [7, 11) is 0. The minimum Gasteiger partial charge on any atom is -0.491 e. The molecule has 0 fully saturated rings. The summed E-state index contributed by atoms with van der Waals surface area (Å²) in [6.07, 6.45) is 3.77. The number of aryl methyl sites for hydroxylation is 2. The van der Waals surface area contributed by atoms with Crippen molar-refractivity contribution in [2.75, 3.05) is 18.5 Å². The lowest BCUT2D eigenvalue weighted by Crippen LogP contribution is -2.26. The predicted molar refractivity (Wildman–Crippen MR) is 103 cm³/mol. The van der Waals surface area contributed by atoms with E-state index in [1.807, 2.05) is 24.3 Å². The molecular formula is C22H25NO4. The van der Waals surface area contributed by atoms with Crippen LogP contribution < -0.4 is 10.1 Å². The van der Waals surface area contributed by atoms with E-state index in [-0.39, 0.29) is 25.2 Å². The third-order valence-electron chi connectivity index (χ3n) is 5.22. The molecule has 0 saturated carbocycles. The van der Waals surface area contributed by atoms with Crippen molar-refractivity contribution in [1.29, 1.82) is 0 Å². The molecule has 5 nitrogen and oxygen atoms in total. The SMILES string of the molecule is O=C1CCc2cc(OC[C@H](O)CO[C@H]3CCCc4ccccc43)ccc2N1. The number of hydrogen-bond donors (Lipinski definition) is 2. The second-order valence-electron chi connectivity index (χ2n) is 7.24. The monoisotopic (exact) mass is 367 g/mol. The normalized spacial score (nSPS) is 19.6. The number of benzene rings is 2. The van der Waals surface area contributed by atoms with Crippen molar-refractivity contribution in [3.05, 3.63) is 59.2 Å². The Labute approximate surface area is 159 Å². The molecule has 0 saturated heterocycles. The fourth-order valence-corrected chi connectivity index (χ4v) is 3.80. The first-order chi connectivity index (χ1) is 13.2. The lowest BCUT2D eigenvalue weighted by molar-refractivity contribution is -0.116. The summed E-state index contributed by atoms with van der Waals surface area (Å²) in [5.74, 6) is 0.750. The Bertz CT molecular complexity index is 820. The number of aliphatic hydroxyl groups excluding tert-OH is 1. The van der Waals surface area contributed by atoms with Crippen LogP contribution in [-0.4, -0.2) is 30.3 Å². The summed E-state index contributed by atoms with van der Waals surface area (Å²) in [4.78, 5) is 11.4. The molecule has 4 rings (SSSR count). The number of nitrogens with one attached hydrogen (secondary N) is 1. The number of amides is 1. The highest BCUT2D eigenvalue weighted by Gasteiger charge is 2.21. The first-order valence-electron chi connectivity index (χ1n) is 9.62. The van der Waals surface area contributed by atoms with E-state index in [1.54, 1.807) is 0 Å². The molecule has 2 aliphatic rings. The fraction of sp³-hybridized carbons (Fsp3) is 0.409. The van der Waals surface area contributed by atoms with Gasteiger partial charge in [-0.05, 0) is 60.6 Å². The van der Waals surface area contributed by atoms with E-state index >= 15 is 0 Å². The van der Waals surface area contributed by atoms with Gasteiger partial charge in [0.15, 0.2) is 0 Å². The minimum atomic E-state index is -0.685. The molecule has 0 unspecified atom stereocenters. The van der Waals surface area contributed by atoms with Crippen molar-refractivity contribution in [3.63, 3.8) is 0 Å². The number of rotatable bonds is 6. The second kappa shape index (κ2) is 8.11. The number of hydrogen-bond acceptors (Lipinski definition) is 4. The van der Waals surface area contributed by atoms with Gasteiger partial charge in [0.05, 0.1) is 12.7 Å². The summed E-state index contributed by atoms with van der Waals surface area (Å²) in [6.45, 7) is 0.430. The van der Waals surface area contributed by atoms with Crippen LogP contribution >= 0.6 is 0 Å². The number of anilines is 1. The van der Waals surface area contributed by atoms with Gasteiger partial charge >= 0.3 is 0 Å². The Morgan fingerprint density at radius 2 is 1.96 bits per heavy atom. The first kappa shape index (κ1) is 18.0.